The fraction of sp³-hybridized carbons (Fsp3) is 0.344. The number of nitrogens with zero attached hydrogens (tertiary/aromatic N) is 2. The third-order valence-corrected chi connectivity index (χ3v) is 6.90. The number of ether oxygens (including phenoxy) is 1. The first-order valence-electron chi connectivity index (χ1n) is 13.0. The van der Waals surface area contributed by atoms with Crippen molar-refractivity contribution in [1.29, 1.82) is 0 Å². The van der Waals surface area contributed by atoms with E-state index < -0.39 is 0 Å². The maximum Gasteiger partial charge on any atom is 0.308 e. The SMILES string of the molecule is CC(=O)Oc1ccc(/C(=C(/c2ccccc2)C(C)C)c2ccc(N3CCN(C(C)C)CC3)cc2)cc1. The predicted octanol–water partition coefficient (Wildman–Crippen LogP) is 6.76. The molecule has 0 aromatic heterocycles. The molecule has 0 bridgehead atoms. The predicted molar refractivity (Wildman–Crippen MR) is 150 cm³/mol. The van der Waals surface area contributed by atoms with Gasteiger partial charge in [0, 0.05) is 44.8 Å². The Balaban J connectivity index is 1.73. The normalized spacial score (nSPS) is 15.2. The number of allylic oxidation sites excluding steroid dienone is 1. The summed E-state index contributed by atoms with van der Waals surface area (Å²) in [6, 6.07) is 28.1. The molecule has 0 radical (unpaired) electrons. The number of hydrogen-bond acceptors (Lipinski definition) is 4. The summed E-state index contributed by atoms with van der Waals surface area (Å²) in [4.78, 5) is 16.4. The zero-order chi connectivity index (χ0) is 25.7. The first-order chi connectivity index (χ1) is 17.3. The molecular weight excluding hydrogens is 444 g/mol. The van der Waals surface area contributed by atoms with Crippen LogP contribution in [0.3, 0.4) is 0 Å². The van der Waals surface area contributed by atoms with Crippen molar-refractivity contribution in [3.05, 3.63) is 95.6 Å². The van der Waals surface area contributed by atoms with Crippen molar-refractivity contribution in [2.75, 3.05) is 31.1 Å². The van der Waals surface area contributed by atoms with Gasteiger partial charge in [-0.2, -0.15) is 0 Å². The molecule has 0 atom stereocenters. The van der Waals surface area contributed by atoms with E-state index in [1.165, 1.54) is 34.9 Å². The van der Waals surface area contributed by atoms with Crippen molar-refractivity contribution in [3.63, 3.8) is 0 Å². The van der Waals surface area contributed by atoms with E-state index in [2.05, 4.69) is 104 Å². The lowest BCUT2D eigenvalue weighted by Gasteiger charge is -2.38. The van der Waals surface area contributed by atoms with Crippen LogP contribution < -0.4 is 9.64 Å². The average Bonchev–Trinajstić information content (AvgIpc) is 2.88. The summed E-state index contributed by atoms with van der Waals surface area (Å²) in [5.41, 5.74) is 7.30. The Morgan fingerprint density at radius 2 is 1.28 bits per heavy atom. The van der Waals surface area contributed by atoms with Crippen molar-refractivity contribution in [2.45, 2.75) is 40.7 Å². The van der Waals surface area contributed by atoms with Gasteiger partial charge in [-0.3, -0.25) is 9.69 Å². The molecule has 0 amide bonds. The molecule has 0 unspecified atom stereocenters. The van der Waals surface area contributed by atoms with Crippen LogP contribution in [0.4, 0.5) is 5.69 Å². The Morgan fingerprint density at radius 3 is 1.78 bits per heavy atom. The molecule has 1 saturated heterocycles. The van der Waals surface area contributed by atoms with Gasteiger partial charge in [0.15, 0.2) is 0 Å². The van der Waals surface area contributed by atoms with Gasteiger partial charge >= 0.3 is 5.97 Å². The number of hydrogen-bond donors (Lipinski definition) is 0. The molecular formula is C32H38N2O2. The van der Waals surface area contributed by atoms with Crippen LogP contribution in [0.15, 0.2) is 78.9 Å². The Bertz CT molecular complexity index is 1170. The number of anilines is 1. The number of carbonyl (C=O) groups is 1. The van der Waals surface area contributed by atoms with Gasteiger partial charge in [-0.1, -0.05) is 68.4 Å². The zero-order valence-electron chi connectivity index (χ0n) is 22.2. The highest BCUT2D eigenvalue weighted by molar-refractivity contribution is 5.99. The van der Waals surface area contributed by atoms with Crippen LogP contribution >= 0.6 is 0 Å². The van der Waals surface area contributed by atoms with Gasteiger partial charge in [0.2, 0.25) is 0 Å². The molecule has 36 heavy (non-hydrogen) atoms. The second kappa shape index (κ2) is 11.6. The molecule has 4 nitrogen and oxygen atoms in total. The summed E-state index contributed by atoms with van der Waals surface area (Å²) in [5.74, 6) is 0.571. The van der Waals surface area contributed by atoms with E-state index >= 15 is 0 Å². The molecule has 4 heteroatoms. The largest absolute Gasteiger partial charge is 0.427 e. The fourth-order valence-electron chi connectivity index (χ4n) is 5.05. The molecule has 0 N–H and O–H groups in total. The molecule has 1 fully saturated rings. The highest BCUT2D eigenvalue weighted by atomic mass is 16.5. The molecule has 1 aliphatic heterocycles. The number of benzene rings is 3. The van der Waals surface area contributed by atoms with Crippen LogP contribution in [0.2, 0.25) is 0 Å². The second-order valence-electron chi connectivity index (χ2n) is 10.1. The summed E-state index contributed by atoms with van der Waals surface area (Å²) in [6.07, 6.45) is 0. The molecule has 1 aliphatic rings. The average molecular weight is 483 g/mol. The summed E-state index contributed by atoms with van der Waals surface area (Å²) in [5, 5.41) is 0. The first kappa shape index (κ1) is 25.7. The summed E-state index contributed by atoms with van der Waals surface area (Å²) >= 11 is 0. The van der Waals surface area contributed by atoms with E-state index in [-0.39, 0.29) is 5.97 Å². The number of rotatable bonds is 7. The standard InChI is InChI=1S/C32H38N2O2/c1-23(2)31(26-9-7-6-8-10-26)32(28-13-17-30(18-14-28)36-25(5)35)27-11-15-29(16-12-27)34-21-19-33(20-22-34)24(3)4/h6-18,23-24H,19-22H2,1-5H3/b32-31+. The van der Waals surface area contributed by atoms with Crippen molar-refractivity contribution in [1.82, 2.24) is 4.90 Å². The lowest BCUT2D eigenvalue weighted by molar-refractivity contribution is -0.131. The lowest BCUT2D eigenvalue weighted by Crippen LogP contribution is -2.48. The molecule has 3 aromatic carbocycles. The third kappa shape index (κ3) is 6.06. The first-order valence-corrected chi connectivity index (χ1v) is 13.0. The Kier molecular flexibility index (Phi) is 8.27. The molecule has 188 valence electrons. The third-order valence-electron chi connectivity index (χ3n) is 6.90. The minimum absolute atomic E-state index is 0.310. The van der Waals surface area contributed by atoms with E-state index in [9.17, 15) is 4.79 Å². The zero-order valence-corrected chi connectivity index (χ0v) is 22.2. The van der Waals surface area contributed by atoms with Gasteiger partial charge in [-0.05, 0) is 71.9 Å². The van der Waals surface area contributed by atoms with Gasteiger partial charge in [0.05, 0.1) is 0 Å². The van der Waals surface area contributed by atoms with E-state index in [0.717, 1.165) is 31.7 Å². The van der Waals surface area contributed by atoms with E-state index in [0.29, 0.717) is 17.7 Å². The Labute approximate surface area is 216 Å². The molecule has 0 spiro atoms. The smallest absolute Gasteiger partial charge is 0.308 e. The van der Waals surface area contributed by atoms with Crippen LogP contribution in [0, 0.1) is 5.92 Å². The van der Waals surface area contributed by atoms with Crippen LogP contribution in [-0.2, 0) is 4.79 Å². The van der Waals surface area contributed by atoms with Gasteiger partial charge in [-0.15, -0.1) is 0 Å². The van der Waals surface area contributed by atoms with Crippen LogP contribution in [0.5, 0.6) is 5.75 Å². The minimum Gasteiger partial charge on any atom is -0.427 e. The van der Waals surface area contributed by atoms with E-state index in [1.807, 2.05) is 12.1 Å². The fourth-order valence-corrected chi connectivity index (χ4v) is 5.05. The molecule has 1 heterocycles. The van der Waals surface area contributed by atoms with Gasteiger partial charge in [0.25, 0.3) is 0 Å². The van der Waals surface area contributed by atoms with Crippen LogP contribution in [0.25, 0.3) is 11.1 Å². The molecule has 0 aliphatic carbocycles. The van der Waals surface area contributed by atoms with Crippen molar-refractivity contribution in [3.8, 4) is 5.75 Å². The second-order valence-corrected chi connectivity index (χ2v) is 10.1. The number of piperazine rings is 1. The minimum atomic E-state index is -0.310. The quantitative estimate of drug-likeness (QED) is 0.212. The Morgan fingerprint density at radius 1 is 0.722 bits per heavy atom. The maximum atomic E-state index is 11.4. The van der Waals surface area contributed by atoms with Gasteiger partial charge in [-0.25, -0.2) is 0 Å². The van der Waals surface area contributed by atoms with E-state index in [4.69, 9.17) is 4.74 Å². The van der Waals surface area contributed by atoms with Crippen molar-refractivity contribution >= 4 is 22.8 Å². The maximum absolute atomic E-state index is 11.4. The summed E-state index contributed by atoms with van der Waals surface area (Å²) < 4.78 is 5.29. The number of esters is 1. The van der Waals surface area contributed by atoms with Crippen molar-refractivity contribution < 1.29 is 9.53 Å². The molecule has 3 aromatic rings. The topological polar surface area (TPSA) is 32.8 Å². The molecule has 4 rings (SSSR count). The highest BCUT2D eigenvalue weighted by Gasteiger charge is 2.20. The number of carbonyl (C=O) groups excluding carboxylic acids is 1. The van der Waals surface area contributed by atoms with Gasteiger partial charge < -0.3 is 9.64 Å². The molecule has 0 saturated carbocycles. The van der Waals surface area contributed by atoms with Crippen molar-refractivity contribution in [2.24, 2.45) is 5.92 Å². The van der Waals surface area contributed by atoms with Gasteiger partial charge in [0.1, 0.15) is 5.75 Å². The monoisotopic (exact) mass is 482 g/mol. The Hall–Kier alpha value is -3.37. The van der Waals surface area contributed by atoms with Crippen LogP contribution in [-0.4, -0.2) is 43.1 Å². The highest BCUT2D eigenvalue weighted by Crippen LogP contribution is 2.38. The lowest BCUT2D eigenvalue weighted by atomic mass is 9.84. The van der Waals surface area contributed by atoms with E-state index in [1.54, 1.807) is 0 Å². The van der Waals surface area contributed by atoms with Crippen LogP contribution in [0.1, 0.15) is 51.3 Å². The summed E-state index contributed by atoms with van der Waals surface area (Å²) in [6.45, 7) is 14.8. The summed E-state index contributed by atoms with van der Waals surface area (Å²) in [7, 11) is 0.